The topological polar surface area (TPSA) is 110 Å². The Hall–Kier alpha value is -0.240. The molecule has 0 spiro atoms. The van der Waals surface area contributed by atoms with E-state index in [4.69, 9.17) is 4.74 Å². The fraction of sp³-hybridized carbons (Fsp3) is 1.00. The highest BCUT2D eigenvalue weighted by Crippen LogP contribution is 2.43. The monoisotopic (exact) mass is 432 g/mol. The van der Waals surface area contributed by atoms with Crippen LogP contribution in [0.5, 0.6) is 0 Å². The summed E-state index contributed by atoms with van der Waals surface area (Å²) in [6, 6.07) is 0. The van der Waals surface area contributed by atoms with Crippen molar-refractivity contribution in [3.63, 3.8) is 0 Å². The molecule has 0 aliphatic carbocycles. The molecule has 0 unspecified atom stereocenters. The molecule has 1 aliphatic rings. The van der Waals surface area contributed by atoms with Crippen molar-refractivity contribution in [2.45, 2.75) is 146 Å². The van der Waals surface area contributed by atoms with Gasteiger partial charge in [-0.15, -0.1) is 0 Å². The number of aliphatic hydroxyl groups excluding tert-OH is 3. The smallest absolute Gasteiger partial charge is 0.198 e. The van der Waals surface area contributed by atoms with Gasteiger partial charge in [-0.05, 0) is 12.8 Å². The maximum atomic E-state index is 11.3. The van der Waals surface area contributed by atoms with Crippen molar-refractivity contribution in [3.8, 4) is 0 Å². The molecule has 0 aromatic rings. The second kappa shape index (κ2) is 14.8. The van der Waals surface area contributed by atoms with Crippen molar-refractivity contribution in [2.24, 2.45) is 0 Å². The molecule has 1 aliphatic heterocycles. The number of hydrogen-bond acceptors (Lipinski definition) is 6. The fourth-order valence-corrected chi connectivity index (χ4v) is 4.58. The second-order valence-electron chi connectivity index (χ2n) is 9.23. The highest BCUT2D eigenvalue weighted by molar-refractivity contribution is 5.07. The van der Waals surface area contributed by atoms with Crippen LogP contribution < -0.4 is 0 Å². The first-order valence-electron chi connectivity index (χ1n) is 12.5. The molecule has 0 saturated carbocycles. The summed E-state index contributed by atoms with van der Waals surface area (Å²) >= 11 is 0. The van der Waals surface area contributed by atoms with Gasteiger partial charge in [0.1, 0.15) is 23.9 Å². The van der Waals surface area contributed by atoms with Crippen LogP contribution in [0.3, 0.4) is 0 Å². The van der Waals surface area contributed by atoms with E-state index in [9.17, 15) is 25.5 Å². The first-order valence-corrected chi connectivity index (χ1v) is 12.5. The van der Waals surface area contributed by atoms with Crippen LogP contribution in [0.25, 0.3) is 0 Å². The van der Waals surface area contributed by atoms with Crippen LogP contribution in [0, 0.1) is 0 Å². The van der Waals surface area contributed by atoms with Gasteiger partial charge in [-0.25, -0.2) is 0 Å². The minimum Gasteiger partial charge on any atom is -0.394 e. The van der Waals surface area contributed by atoms with Crippen LogP contribution >= 0.6 is 0 Å². The molecule has 0 aromatic carbocycles. The van der Waals surface area contributed by atoms with Crippen molar-refractivity contribution in [3.05, 3.63) is 0 Å². The lowest BCUT2D eigenvalue weighted by Crippen LogP contribution is -2.73. The van der Waals surface area contributed by atoms with Gasteiger partial charge in [-0.2, -0.15) is 0 Å². The Bertz CT molecular complexity index is 434. The zero-order valence-electron chi connectivity index (χ0n) is 19.4. The van der Waals surface area contributed by atoms with E-state index in [1.54, 1.807) is 0 Å². The third kappa shape index (κ3) is 8.03. The van der Waals surface area contributed by atoms with Crippen molar-refractivity contribution >= 4 is 0 Å². The highest BCUT2D eigenvalue weighted by Gasteiger charge is 2.62. The van der Waals surface area contributed by atoms with E-state index in [2.05, 4.69) is 13.8 Å². The van der Waals surface area contributed by atoms with Crippen LogP contribution in [0.1, 0.15) is 117 Å². The van der Waals surface area contributed by atoms with Gasteiger partial charge >= 0.3 is 0 Å². The Morgan fingerprint density at radius 2 is 1.10 bits per heavy atom. The van der Waals surface area contributed by atoms with E-state index in [1.807, 2.05) is 0 Å². The molecule has 0 aromatic heterocycles. The third-order valence-corrected chi connectivity index (χ3v) is 6.68. The van der Waals surface area contributed by atoms with Gasteiger partial charge < -0.3 is 30.3 Å². The molecule has 1 rings (SSSR count). The summed E-state index contributed by atoms with van der Waals surface area (Å²) in [5.41, 5.74) is -1.94. The van der Waals surface area contributed by atoms with Crippen molar-refractivity contribution in [1.82, 2.24) is 0 Å². The van der Waals surface area contributed by atoms with Gasteiger partial charge in [-0.1, -0.05) is 97.3 Å². The van der Waals surface area contributed by atoms with Gasteiger partial charge in [0.2, 0.25) is 0 Å². The summed E-state index contributed by atoms with van der Waals surface area (Å²) in [6.07, 6.45) is 11.0. The van der Waals surface area contributed by atoms with Crippen LogP contribution in [0.15, 0.2) is 0 Å². The normalized spacial score (nSPS) is 31.9. The number of rotatable bonds is 17. The average Bonchev–Trinajstić information content (AvgIpc) is 2.74. The molecule has 6 nitrogen and oxygen atoms in total. The standard InChI is InChI=1S/C24H48O6/c1-3-5-7-9-11-12-13-15-17-23(28)22(27)21(26)20(19-25)30-24(23,29)18-16-14-10-8-6-4-2/h20-22,25-29H,3-19H2,1-2H3/t20-,21-,22+,23-,24+/m1/s1. The first kappa shape index (κ1) is 27.8. The average molecular weight is 433 g/mol. The zero-order valence-corrected chi connectivity index (χ0v) is 19.4. The molecule has 1 fully saturated rings. The zero-order chi connectivity index (χ0) is 22.5. The molecule has 0 amide bonds. The molecule has 1 saturated heterocycles. The van der Waals surface area contributed by atoms with E-state index in [0.29, 0.717) is 12.8 Å². The predicted molar refractivity (Wildman–Crippen MR) is 119 cm³/mol. The molecule has 0 bridgehead atoms. The van der Waals surface area contributed by atoms with Gasteiger partial charge in [0.05, 0.1) is 6.61 Å². The summed E-state index contributed by atoms with van der Waals surface area (Å²) in [6.45, 7) is 3.83. The summed E-state index contributed by atoms with van der Waals surface area (Å²) in [4.78, 5) is 0. The molecular weight excluding hydrogens is 384 g/mol. The van der Waals surface area contributed by atoms with Crippen LogP contribution in [-0.2, 0) is 4.74 Å². The van der Waals surface area contributed by atoms with Crippen LogP contribution in [0.2, 0.25) is 0 Å². The van der Waals surface area contributed by atoms with Gasteiger partial charge in [0.25, 0.3) is 0 Å². The maximum Gasteiger partial charge on any atom is 0.198 e. The van der Waals surface area contributed by atoms with Gasteiger partial charge in [0.15, 0.2) is 5.79 Å². The Kier molecular flexibility index (Phi) is 13.7. The van der Waals surface area contributed by atoms with E-state index in [0.717, 1.165) is 44.9 Å². The van der Waals surface area contributed by atoms with E-state index >= 15 is 0 Å². The van der Waals surface area contributed by atoms with Gasteiger partial charge in [0, 0.05) is 6.42 Å². The van der Waals surface area contributed by atoms with Crippen LogP contribution in [0.4, 0.5) is 0 Å². The molecule has 180 valence electrons. The number of aliphatic hydroxyl groups is 5. The Labute approximate surface area is 183 Å². The van der Waals surface area contributed by atoms with E-state index in [1.165, 1.54) is 32.1 Å². The number of hydrogen-bond donors (Lipinski definition) is 5. The lowest BCUT2D eigenvalue weighted by atomic mass is 9.74. The Morgan fingerprint density at radius 3 is 1.57 bits per heavy atom. The third-order valence-electron chi connectivity index (χ3n) is 6.68. The minimum absolute atomic E-state index is 0.157. The fourth-order valence-electron chi connectivity index (χ4n) is 4.58. The van der Waals surface area contributed by atoms with E-state index in [-0.39, 0.29) is 12.8 Å². The van der Waals surface area contributed by atoms with Crippen molar-refractivity contribution in [1.29, 1.82) is 0 Å². The highest BCUT2D eigenvalue weighted by atomic mass is 16.7. The summed E-state index contributed by atoms with van der Waals surface area (Å²) in [7, 11) is 0. The van der Waals surface area contributed by atoms with E-state index < -0.39 is 36.3 Å². The lowest BCUT2D eigenvalue weighted by Gasteiger charge is -2.53. The molecular formula is C24H48O6. The molecule has 5 atom stereocenters. The first-order chi connectivity index (χ1) is 14.4. The molecule has 0 radical (unpaired) electrons. The summed E-state index contributed by atoms with van der Waals surface area (Å²) < 4.78 is 5.62. The minimum atomic E-state index is -1.97. The molecule has 5 N–H and O–H groups in total. The Morgan fingerprint density at radius 1 is 0.667 bits per heavy atom. The van der Waals surface area contributed by atoms with Crippen LogP contribution in [-0.4, -0.2) is 61.8 Å². The van der Waals surface area contributed by atoms with Gasteiger partial charge in [-0.3, -0.25) is 0 Å². The summed E-state index contributed by atoms with van der Waals surface area (Å²) in [5.74, 6) is -1.97. The SMILES string of the molecule is CCCCCCCCCC[C@@]1(O)[C@@H](O)[C@H](O)[C@@H](CO)O[C@@]1(O)CCCCCCCC. The quantitative estimate of drug-likeness (QED) is 0.224. The number of ether oxygens (including phenoxy) is 1. The molecule has 30 heavy (non-hydrogen) atoms. The summed E-state index contributed by atoms with van der Waals surface area (Å²) in [5, 5.41) is 53.0. The number of unbranched alkanes of at least 4 members (excludes halogenated alkanes) is 12. The maximum absolute atomic E-state index is 11.3. The molecule has 1 heterocycles. The Balaban J connectivity index is 2.62. The van der Waals surface area contributed by atoms with Crippen molar-refractivity contribution < 1.29 is 30.3 Å². The lowest BCUT2D eigenvalue weighted by molar-refractivity contribution is -0.392. The molecule has 6 heteroatoms. The largest absolute Gasteiger partial charge is 0.394 e. The van der Waals surface area contributed by atoms with Crippen molar-refractivity contribution in [2.75, 3.05) is 6.61 Å². The predicted octanol–water partition coefficient (Wildman–Crippen LogP) is 3.80. The second-order valence-corrected chi connectivity index (χ2v) is 9.23.